The first-order valence-electron chi connectivity index (χ1n) is 6.13. The standard InChI is InChI=1S/C14H9F6NO3/c1-2-3-10(12(23)24)21-11(22)7-4-8(13(15,16)17)6-9(5-7)14(18,19)20/h1,4-6,10H,3H2,(H,21,22)(H,23,24)/t10-/m1/s1. The number of carboxylic acid groups (broad SMARTS) is 1. The van der Waals surface area contributed by atoms with Crippen molar-refractivity contribution in [2.24, 2.45) is 0 Å². The molecule has 2 N–H and O–H groups in total. The van der Waals surface area contributed by atoms with Crippen molar-refractivity contribution in [2.75, 3.05) is 0 Å². The number of halogens is 6. The minimum Gasteiger partial charge on any atom is -0.480 e. The molecule has 0 aliphatic heterocycles. The van der Waals surface area contributed by atoms with Gasteiger partial charge in [0.1, 0.15) is 6.04 Å². The highest BCUT2D eigenvalue weighted by molar-refractivity contribution is 5.97. The number of aliphatic carboxylic acids is 1. The highest BCUT2D eigenvalue weighted by Gasteiger charge is 2.37. The number of benzene rings is 1. The Kier molecular flexibility index (Phi) is 5.50. The smallest absolute Gasteiger partial charge is 0.416 e. The zero-order chi connectivity index (χ0) is 18.7. The van der Waals surface area contributed by atoms with Crippen molar-refractivity contribution in [3.05, 3.63) is 34.9 Å². The van der Waals surface area contributed by atoms with E-state index in [4.69, 9.17) is 11.5 Å². The maximum Gasteiger partial charge on any atom is 0.416 e. The SMILES string of the molecule is C#CC[C@@H](NC(=O)c1cc(C(F)(F)F)cc(C(F)(F)F)c1)C(=O)O. The molecule has 4 nitrogen and oxygen atoms in total. The molecule has 1 amide bonds. The monoisotopic (exact) mass is 353 g/mol. The fourth-order valence-corrected chi connectivity index (χ4v) is 1.65. The second-order valence-electron chi connectivity index (χ2n) is 4.57. The van der Waals surface area contributed by atoms with Gasteiger partial charge in [-0.05, 0) is 18.2 Å². The van der Waals surface area contributed by atoms with Gasteiger partial charge in [0.25, 0.3) is 5.91 Å². The minimum atomic E-state index is -5.12. The molecule has 0 heterocycles. The topological polar surface area (TPSA) is 66.4 Å². The van der Waals surface area contributed by atoms with Gasteiger partial charge in [-0.1, -0.05) is 0 Å². The fraction of sp³-hybridized carbons (Fsp3) is 0.286. The summed E-state index contributed by atoms with van der Waals surface area (Å²) in [6, 6.07) is -1.41. The predicted octanol–water partition coefficient (Wildman–Crippen LogP) is 2.93. The van der Waals surface area contributed by atoms with Crippen LogP contribution in [0, 0.1) is 12.3 Å². The van der Waals surface area contributed by atoms with E-state index in [1.807, 2.05) is 5.92 Å². The Morgan fingerprint density at radius 1 is 1.08 bits per heavy atom. The van der Waals surface area contributed by atoms with E-state index in [0.29, 0.717) is 0 Å². The minimum absolute atomic E-state index is 0.146. The molecule has 1 aromatic carbocycles. The number of alkyl halides is 6. The second kappa shape index (κ2) is 6.82. The van der Waals surface area contributed by atoms with Gasteiger partial charge in [-0.25, -0.2) is 4.79 Å². The summed E-state index contributed by atoms with van der Waals surface area (Å²) >= 11 is 0. The molecule has 0 saturated carbocycles. The van der Waals surface area contributed by atoms with Crippen molar-refractivity contribution in [1.29, 1.82) is 0 Å². The molecule has 0 radical (unpaired) electrons. The molecule has 0 bridgehead atoms. The molecule has 24 heavy (non-hydrogen) atoms. The van der Waals surface area contributed by atoms with E-state index < -0.39 is 53.4 Å². The van der Waals surface area contributed by atoms with Gasteiger partial charge < -0.3 is 10.4 Å². The molecule has 0 aromatic heterocycles. The lowest BCUT2D eigenvalue weighted by Gasteiger charge is -2.16. The number of rotatable bonds is 4. The number of terminal acetylenes is 1. The average molecular weight is 353 g/mol. The predicted molar refractivity (Wildman–Crippen MR) is 68.8 cm³/mol. The molecule has 0 aliphatic carbocycles. The van der Waals surface area contributed by atoms with Gasteiger partial charge in [-0.15, -0.1) is 12.3 Å². The zero-order valence-electron chi connectivity index (χ0n) is 11.6. The lowest BCUT2D eigenvalue weighted by molar-refractivity contribution is -0.143. The van der Waals surface area contributed by atoms with Gasteiger partial charge in [0, 0.05) is 12.0 Å². The van der Waals surface area contributed by atoms with Crippen LogP contribution >= 0.6 is 0 Å². The number of hydrogen-bond donors (Lipinski definition) is 2. The summed E-state index contributed by atoms with van der Waals surface area (Å²) in [5, 5.41) is 10.6. The molecule has 0 saturated heterocycles. The average Bonchev–Trinajstić information content (AvgIpc) is 2.44. The maximum absolute atomic E-state index is 12.7. The first-order chi connectivity index (χ1) is 10.9. The molecule has 0 aliphatic rings. The maximum atomic E-state index is 12.7. The van der Waals surface area contributed by atoms with Crippen LogP contribution in [-0.4, -0.2) is 23.0 Å². The van der Waals surface area contributed by atoms with Gasteiger partial charge >= 0.3 is 18.3 Å². The molecular formula is C14H9F6NO3. The highest BCUT2D eigenvalue weighted by Crippen LogP contribution is 2.36. The van der Waals surface area contributed by atoms with E-state index in [0.717, 1.165) is 0 Å². The zero-order valence-corrected chi connectivity index (χ0v) is 11.6. The van der Waals surface area contributed by atoms with Gasteiger partial charge in [0.05, 0.1) is 11.1 Å². The van der Waals surface area contributed by atoms with E-state index in [2.05, 4.69) is 0 Å². The Labute approximate surface area is 131 Å². The Hall–Kier alpha value is -2.70. The van der Waals surface area contributed by atoms with Crippen LogP contribution in [0.4, 0.5) is 26.3 Å². The van der Waals surface area contributed by atoms with Crippen LogP contribution in [0.1, 0.15) is 27.9 Å². The Balaban J connectivity index is 3.29. The van der Waals surface area contributed by atoms with Crippen LogP contribution in [0.5, 0.6) is 0 Å². The van der Waals surface area contributed by atoms with Crippen LogP contribution < -0.4 is 5.32 Å². The summed E-state index contributed by atoms with van der Waals surface area (Å²) in [6.45, 7) is 0. The van der Waals surface area contributed by atoms with Crippen LogP contribution in [0.25, 0.3) is 0 Å². The van der Waals surface area contributed by atoms with Crippen molar-refractivity contribution in [2.45, 2.75) is 24.8 Å². The molecule has 130 valence electrons. The Bertz CT molecular complexity index is 655. The summed E-state index contributed by atoms with van der Waals surface area (Å²) in [6.07, 6.45) is -5.86. The Morgan fingerprint density at radius 2 is 1.54 bits per heavy atom. The highest BCUT2D eigenvalue weighted by atomic mass is 19.4. The van der Waals surface area contributed by atoms with Crippen molar-refractivity contribution in [3.63, 3.8) is 0 Å². The summed E-state index contributed by atoms with van der Waals surface area (Å²) in [4.78, 5) is 22.7. The van der Waals surface area contributed by atoms with Gasteiger partial charge in [0.2, 0.25) is 0 Å². The van der Waals surface area contributed by atoms with Crippen molar-refractivity contribution in [3.8, 4) is 12.3 Å². The second-order valence-corrected chi connectivity index (χ2v) is 4.57. The molecule has 1 atom stereocenters. The quantitative estimate of drug-likeness (QED) is 0.646. The van der Waals surface area contributed by atoms with Crippen LogP contribution in [0.2, 0.25) is 0 Å². The number of amides is 1. The number of carbonyl (C=O) groups is 2. The van der Waals surface area contributed by atoms with Gasteiger partial charge in [-0.3, -0.25) is 4.79 Å². The number of hydrogen-bond acceptors (Lipinski definition) is 2. The Morgan fingerprint density at radius 3 is 1.88 bits per heavy atom. The molecule has 10 heteroatoms. The van der Waals surface area contributed by atoms with E-state index in [1.165, 1.54) is 0 Å². The third kappa shape index (κ3) is 4.91. The molecule has 0 unspecified atom stereocenters. The lowest BCUT2D eigenvalue weighted by atomic mass is 10.0. The van der Waals surface area contributed by atoms with Crippen molar-refractivity contribution < 1.29 is 41.0 Å². The van der Waals surface area contributed by atoms with Crippen molar-refractivity contribution >= 4 is 11.9 Å². The summed E-state index contributed by atoms with van der Waals surface area (Å²) in [5.41, 5.74) is -4.36. The third-order valence-corrected chi connectivity index (χ3v) is 2.78. The summed E-state index contributed by atoms with van der Waals surface area (Å²) in [5.74, 6) is -1.08. The van der Waals surface area contributed by atoms with E-state index in [1.54, 1.807) is 5.32 Å². The third-order valence-electron chi connectivity index (χ3n) is 2.78. The number of carbonyl (C=O) groups excluding carboxylic acids is 1. The van der Waals surface area contributed by atoms with E-state index in [9.17, 15) is 35.9 Å². The normalized spacial score (nSPS) is 13.0. The summed E-state index contributed by atoms with van der Waals surface area (Å²) in [7, 11) is 0. The molecule has 0 fully saturated rings. The van der Waals surface area contributed by atoms with Crippen LogP contribution in [0.15, 0.2) is 18.2 Å². The van der Waals surface area contributed by atoms with E-state index in [-0.39, 0.29) is 18.2 Å². The molecule has 1 aromatic rings. The largest absolute Gasteiger partial charge is 0.480 e. The molecular weight excluding hydrogens is 344 g/mol. The number of carboxylic acids is 1. The molecule has 1 rings (SSSR count). The van der Waals surface area contributed by atoms with Gasteiger partial charge in [-0.2, -0.15) is 26.3 Å². The van der Waals surface area contributed by atoms with Crippen LogP contribution in [0.3, 0.4) is 0 Å². The first kappa shape index (κ1) is 19.3. The summed E-state index contributed by atoms with van der Waals surface area (Å²) < 4.78 is 76.1. The van der Waals surface area contributed by atoms with Gasteiger partial charge in [0.15, 0.2) is 0 Å². The number of nitrogens with one attached hydrogen (secondary N) is 1. The van der Waals surface area contributed by atoms with E-state index >= 15 is 0 Å². The fourth-order valence-electron chi connectivity index (χ4n) is 1.65. The van der Waals surface area contributed by atoms with Crippen molar-refractivity contribution in [1.82, 2.24) is 5.32 Å². The lowest BCUT2D eigenvalue weighted by Crippen LogP contribution is -2.40. The van der Waals surface area contributed by atoms with Crippen LogP contribution in [-0.2, 0) is 17.1 Å². The molecule has 0 spiro atoms. The first-order valence-corrected chi connectivity index (χ1v) is 6.13.